The van der Waals surface area contributed by atoms with Gasteiger partial charge in [0.2, 0.25) is 0 Å². The number of fused-ring (bicyclic) bond motifs is 1. The lowest BCUT2D eigenvalue weighted by atomic mass is 10.1. The van der Waals surface area contributed by atoms with Crippen molar-refractivity contribution in [3.8, 4) is 11.8 Å². The average molecular weight is 391 g/mol. The summed E-state index contributed by atoms with van der Waals surface area (Å²) in [5.41, 5.74) is 0.497. The topological polar surface area (TPSA) is 72.8 Å². The van der Waals surface area contributed by atoms with Crippen LogP contribution in [0.4, 0.5) is 4.39 Å². The summed E-state index contributed by atoms with van der Waals surface area (Å²) in [5, 5.41) is 0.112. The molecule has 142 valence electrons. The zero-order chi connectivity index (χ0) is 19.0. The molecule has 0 bridgehead atoms. The van der Waals surface area contributed by atoms with Crippen LogP contribution in [-0.4, -0.2) is 19.5 Å². The Kier molecular flexibility index (Phi) is 4.86. The van der Waals surface area contributed by atoms with Gasteiger partial charge in [-0.15, -0.1) is 0 Å². The fraction of sp³-hybridized carbons (Fsp3) is 0.421. The lowest BCUT2D eigenvalue weighted by Crippen LogP contribution is -2.23. The molecule has 4 rings (SSSR count). The number of H-pyrrole nitrogens is 1. The Hall–Kier alpha value is -2.41. The van der Waals surface area contributed by atoms with Gasteiger partial charge in [0.1, 0.15) is 17.4 Å². The lowest BCUT2D eigenvalue weighted by molar-refractivity contribution is 0.397. The Bertz CT molecular complexity index is 1040. The smallest absolute Gasteiger partial charge is 0.306 e. The SMILES string of the molecule is CCCn1c(Oc2ccc(F)cc2Cl)nc2nc(C3CCCC3)[nH]c2c1=O. The molecule has 0 unspecified atom stereocenters. The minimum absolute atomic E-state index is 0.104. The predicted molar refractivity (Wildman–Crippen MR) is 101 cm³/mol. The standard InChI is InChI=1S/C19H20ClFN4O2/c1-2-9-25-18(26)15-17(23-16(22-15)11-5-3-4-6-11)24-19(25)27-14-8-7-12(21)10-13(14)20/h7-8,10-11H,2-6,9H2,1H3,(H,22,23). The van der Waals surface area contributed by atoms with Gasteiger partial charge in [0, 0.05) is 12.5 Å². The van der Waals surface area contributed by atoms with Gasteiger partial charge >= 0.3 is 6.01 Å². The van der Waals surface area contributed by atoms with E-state index in [1.54, 1.807) is 0 Å². The van der Waals surface area contributed by atoms with Crippen LogP contribution in [0.25, 0.3) is 11.2 Å². The maximum atomic E-state index is 13.3. The monoisotopic (exact) mass is 390 g/mol. The highest BCUT2D eigenvalue weighted by Crippen LogP contribution is 2.33. The second-order valence-electron chi connectivity index (χ2n) is 6.83. The van der Waals surface area contributed by atoms with Crippen LogP contribution in [0.3, 0.4) is 0 Å². The van der Waals surface area contributed by atoms with Crippen molar-refractivity contribution in [1.82, 2.24) is 19.5 Å². The molecule has 0 saturated heterocycles. The second kappa shape index (κ2) is 7.31. The number of nitrogens with one attached hydrogen (secondary N) is 1. The Morgan fingerprint density at radius 2 is 2.11 bits per heavy atom. The van der Waals surface area contributed by atoms with Crippen molar-refractivity contribution in [3.63, 3.8) is 0 Å². The minimum Gasteiger partial charge on any atom is -0.424 e. The number of halogens is 2. The third-order valence-electron chi connectivity index (χ3n) is 4.88. The number of ether oxygens (including phenoxy) is 1. The Morgan fingerprint density at radius 1 is 1.33 bits per heavy atom. The molecule has 2 heterocycles. The van der Waals surface area contributed by atoms with E-state index in [1.165, 1.54) is 29.5 Å². The number of hydrogen-bond donors (Lipinski definition) is 1. The van der Waals surface area contributed by atoms with Gasteiger partial charge in [-0.2, -0.15) is 4.98 Å². The molecule has 0 aliphatic heterocycles. The van der Waals surface area contributed by atoms with Crippen LogP contribution in [0.15, 0.2) is 23.0 Å². The van der Waals surface area contributed by atoms with Gasteiger partial charge in [-0.1, -0.05) is 31.4 Å². The van der Waals surface area contributed by atoms with E-state index >= 15 is 0 Å². The first-order chi connectivity index (χ1) is 13.1. The summed E-state index contributed by atoms with van der Waals surface area (Å²) in [5.74, 6) is 0.928. The number of nitrogens with zero attached hydrogens (tertiary/aromatic N) is 3. The summed E-state index contributed by atoms with van der Waals surface area (Å²) in [7, 11) is 0. The van der Waals surface area contributed by atoms with Crippen LogP contribution in [-0.2, 0) is 6.54 Å². The normalized spacial score (nSPS) is 14.9. The zero-order valence-electron chi connectivity index (χ0n) is 15.0. The van der Waals surface area contributed by atoms with Crippen LogP contribution in [0.1, 0.15) is 50.8 Å². The molecule has 3 aromatic rings. The molecule has 1 aliphatic rings. The van der Waals surface area contributed by atoms with Gasteiger partial charge in [-0.05, 0) is 37.5 Å². The van der Waals surface area contributed by atoms with Crippen molar-refractivity contribution in [2.75, 3.05) is 0 Å². The minimum atomic E-state index is -0.463. The van der Waals surface area contributed by atoms with Gasteiger partial charge in [-0.25, -0.2) is 9.37 Å². The van der Waals surface area contributed by atoms with E-state index in [1.807, 2.05) is 6.92 Å². The van der Waals surface area contributed by atoms with Crippen molar-refractivity contribution in [2.45, 2.75) is 51.5 Å². The third kappa shape index (κ3) is 3.43. The highest BCUT2D eigenvalue weighted by atomic mass is 35.5. The van der Waals surface area contributed by atoms with E-state index in [2.05, 4.69) is 15.0 Å². The molecule has 1 aromatic carbocycles. The maximum Gasteiger partial charge on any atom is 0.306 e. The fourth-order valence-corrected chi connectivity index (χ4v) is 3.74. The van der Waals surface area contributed by atoms with Crippen LogP contribution in [0.2, 0.25) is 5.02 Å². The van der Waals surface area contributed by atoms with Gasteiger partial charge in [-0.3, -0.25) is 9.36 Å². The van der Waals surface area contributed by atoms with Crippen molar-refractivity contribution < 1.29 is 9.13 Å². The van der Waals surface area contributed by atoms with Crippen LogP contribution in [0, 0.1) is 5.82 Å². The van der Waals surface area contributed by atoms with E-state index in [4.69, 9.17) is 16.3 Å². The van der Waals surface area contributed by atoms with E-state index in [-0.39, 0.29) is 22.3 Å². The van der Waals surface area contributed by atoms with Crippen molar-refractivity contribution in [1.29, 1.82) is 0 Å². The summed E-state index contributed by atoms with van der Waals surface area (Å²) in [4.78, 5) is 25.1. The predicted octanol–water partition coefficient (Wildman–Crippen LogP) is 4.77. The van der Waals surface area contributed by atoms with Crippen LogP contribution in [0.5, 0.6) is 11.8 Å². The summed E-state index contributed by atoms with van der Waals surface area (Å²) in [6.07, 6.45) is 5.21. The molecule has 8 heteroatoms. The molecule has 0 amide bonds. The highest BCUT2D eigenvalue weighted by molar-refractivity contribution is 6.32. The maximum absolute atomic E-state index is 13.3. The van der Waals surface area contributed by atoms with Crippen molar-refractivity contribution in [2.24, 2.45) is 0 Å². The lowest BCUT2D eigenvalue weighted by Gasteiger charge is -2.12. The Labute approximate surface area is 160 Å². The number of benzene rings is 1. The molecule has 1 N–H and O–H groups in total. The fourth-order valence-electron chi connectivity index (χ4n) is 3.53. The Balaban J connectivity index is 1.80. The number of aromatic amines is 1. The second-order valence-corrected chi connectivity index (χ2v) is 7.24. The molecule has 1 fully saturated rings. The van der Waals surface area contributed by atoms with E-state index in [9.17, 15) is 9.18 Å². The molecular weight excluding hydrogens is 371 g/mol. The summed E-state index contributed by atoms with van der Waals surface area (Å²) in [6, 6.07) is 3.92. The van der Waals surface area contributed by atoms with Gasteiger partial charge in [0.15, 0.2) is 11.2 Å². The molecular formula is C19H20ClFN4O2. The van der Waals surface area contributed by atoms with Crippen molar-refractivity contribution in [3.05, 3.63) is 45.2 Å². The van der Waals surface area contributed by atoms with E-state index in [0.29, 0.717) is 23.6 Å². The largest absolute Gasteiger partial charge is 0.424 e. The summed E-state index contributed by atoms with van der Waals surface area (Å²) in [6.45, 7) is 2.40. The number of rotatable bonds is 5. The van der Waals surface area contributed by atoms with Gasteiger partial charge < -0.3 is 9.72 Å². The van der Waals surface area contributed by atoms with Crippen molar-refractivity contribution >= 4 is 22.8 Å². The number of imidazole rings is 1. The summed E-state index contributed by atoms with van der Waals surface area (Å²) >= 11 is 6.06. The molecule has 2 aromatic heterocycles. The molecule has 0 radical (unpaired) electrons. The molecule has 1 aliphatic carbocycles. The molecule has 1 saturated carbocycles. The van der Waals surface area contributed by atoms with E-state index in [0.717, 1.165) is 31.2 Å². The Morgan fingerprint density at radius 3 is 2.81 bits per heavy atom. The van der Waals surface area contributed by atoms with Crippen LogP contribution < -0.4 is 10.3 Å². The average Bonchev–Trinajstić information content (AvgIpc) is 3.30. The van der Waals surface area contributed by atoms with E-state index < -0.39 is 5.82 Å². The quantitative estimate of drug-likeness (QED) is 0.680. The summed E-state index contributed by atoms with van der Waals surface area (Å²) < 4.78 is 20.5. The third-order valence-corrected chi connectivity index (χ3v) is 5.17. The molecule has 27 heavy (non-hydrogen) atoms. The molecule has 0 spiro atoms. The van der Waals surface area contributed by atoms with Gasteiger partial charge in [0.25, 0.3) is 5.56 Å². The molecule has 6 nitrogen and oxygen atoms in total. The first kappa shape index (κ1) is 18.0. The number of aromatic nitrogens is 4. The highest BCUT2D eigenvalue weighted by Gasteiger charge is 2.23. The first-order valence-electron chi connectivity index (χ1n) is 9.20. The van der Waals surface area contributed by atoms with Gasteiger partial charge in [0.05, 0.1) is 5.02 Å². The molecule has 0 atom stereocenters. The zero-order valence-corrected chi connectivity index (χ0v) is 15.7. The van der Waals surface area contributed by atoms with Crippen LogP contribution >= 0.6 is 11.6 Å². The number of hydrogen-bond acceptors (Lipinski definition) is 4. The first-order valence-corrected chi connectivity index (χ1v) is 9.58.